The Kier molecular flexibility index (Phi) is 5.65. The van der Waals surface area contributed by atoms with Gasteiger partial charge in [-0.05, 0) is 62.1 Å². The number of benzene rings is 1. The van der Waals surface area contributed by atoms with E-state index in [1.165, 1.54) is 11.4 Å². The Morgan fingerprint density at radius 2 is 1.54 bits per heavy atom. The van der Waals surface area contributed by atoms with E-state index in [9.17, 15) is 9.90 Å². The number of carboxylic acids is 1. The van der Waals surface area contributed by atoms with E-state index in [0.717, 1.165) is 51.2 Å². The number of anilines is 2. The highest BCUT2D eigenvalue weighted by molar-refractivity contribution is 5.70. The maximum absolute atomic E-state index is 11.2. The van der Waals surface area contributed by atoms with E-state index in [4.69, 9.17) is 4.74 Å². The average molecular weight is 381 g/mol. The minimum absolute atomic E-state index is 0.00427. The summed E-state index contributed by atoms with van der Waals surface area (Å²) in [5, 5.41) is 9.23. The van der Waals surface area contributed by atoms with Crippen molar-refractivity contribution in [1.29, 1.82) is 0 Å². The fourth-order valence-electron chi connectivity index (χ4n) is 4.18. The summed E-state index contributed by atoms with van der Waals surface area (Å²) in [6.07, 6.45) is 6.90. The van der Waals surface area contributed by atoms with Crippen molar-refractivity contribution in [3.8, 4) is 5.75 Å². The zero-order chi connectivity index (χ0) is 19.3. The van der Waals surface area contributed by atoms with Crippen molar-refractivity contribution in [3.63, 3.8) is 0 Å². The first-order chi connectivity index (χ1) is 13.7. The molecule has 1 saturated carbocycles. The Hall–Kier alpha value is -2.76. The number of rotatable bonds is 5. The van der Waals surface area contributed by atoms with Crippen molar-refractivity contribution >= 4 is 17.3 Å². The molecule has 28 heavy (non-hydrogen) atoms. The molecule has 1 aliphatic heterocycles. The molecule has 2 atom stereocenters. The molecule has 0 amide bonds. The lowest BCUT2D eigenvalue weighted by Crippen LogP contribution is -2.46. The first-order valence-corrected chi connectivity index (χ1v) is 10.1. The highest BCUT2D eigenvalue weighted by Crippen LogP contribution is 2.29. The van der Waals surface area contributed by atoms with Crippen LogP contribution < -0.4 is 14.5 Å². The molecule has 6 heteroatoms. The first kappa shape index (κ1) is 18.6. The molecule has 4 rings (SSSR count). The molecule has 2 fully saturated rings. The molecule has 2 aliphatic rings. The molecule has 1 aliphatic carbocycles. The predicted octanol–water partition coefficient (Wildman–Crippen LogP) is 3.43. The van der Waals surface area contributed by atoms with Crippen LogP contribution in [0.1, 0.15) is 25.7 Å². The molecule has 2 unspecified atom stereocenters. The fourth-order valence-corrected chi connectivity index (χ4v) is 4.18. The smallest absolute Gasteiger partial charge is 0.306 e. The third kappa shape index (κ3) is 4.38. The molecule has 1 aromatic heterocycles. The molecule has 0 spiro atoms. The lowest BCUT2D eigenvalue weighted by Gasteiger charge is -2.37. The van der Waals surface area contributed by atoms with Gasteiger partial charge in [0.15, 0.2) is 0 Å². The van der Waals surface area contributed by atoms with Crippen molar-refractivity contribution in [2.75, 3.05) is 36.0 Å². The Morgan fingerprint density at radius 1 is 0.929 bits per heavy atom. The second-order valence-corrected chi connectivity index (χ2v) is 7.62. The first-order valence-electron chi connectivity index (χ1n) is 10.1. The molecule has 6 nitrogen and oxygen atoms in total. The number of piperazine rings is 1. The minimum atomic E-state index is -0.699. The van der Waals surface area contributed by atoms with E-state index in [-0.39, 0.29) is 12.0 Å². The van der Waals surface area contributed by atoms with Crippen LogP contribution in [0.25, 0.3) is 0 Å². The summed E-state index contributed by atoms with van der Waals surface area (Å²) in [5.74, 6) is -0.139. The highest BCUT2D eigenvalue weighted by Gasteiger charge is 2.28. The Labute approximate surface area is 165 Å². The molecule has 2 aromatic rings. The molecule has 1 saturated heterocycles. The van der Waals surface area contributed by atoms with Gasteiger partial charge in [-0.3, -0.25) is 9.78 Å². The highest BCUT2D eigenvalue weighted by atomic mass is 16.5. The number of hydrogen-bond acceptors (Lipinski definition) is 5. The van der Waals surface area contributed by atoms with Gasteiger partial charge in [-0.25, -0.2) is 0 Å². The van der Waals surface area contributed by atoms with Crippen LogP contribution in [-0.4, -0.2) is 48.3 Å². The number of aliphatic carboxylic acids is 1. The maximum Gasteiger partial charge on any atom is 0.306 e. The largest absolute Gasteiger partial charge is 0.490 e. The van der Waals surface area contributed by atoms with Gasteiger partial charge in [0.2, 0.25) is 0 Å². The van der Waals surface area contributed by atoms with Crippen molar-refractivity contribution < 1.29 is 14.6 Å². The van der Waals surface area contributed by atoms with Crippen LogP contribution >= 0.6 is 0 Å². The van der Waals surface area contributed by atoms with Crippen molar-refractivity contribution in [2.24, 2.45) is 5.92 Å². The Balaban J connectivity index is 1.31. The number of ether oxygens (including phenoxy) is 1. The van der Waals surface area contributed by atoms with Crippen LogP contribution in [0.4, 0.5) is 11.4 Å². The zero-order valence-electron chi connectivity index (χ0n) is 16.0. The fraction of sp³-hybridized carbons (Fsp3) is 0.455. The van der Waals surface area contributed by atoms with Crippen LogP contribution in [-0.2, 0) is 4.79 Å². The third-order valence-corrected chi connectivity index (χ3v) is 5.79. The molecule has 0 radical (unpaired) electrons. The molecular formula is C22H27N3O3. The monoisotopic (exact) mass is 381 g/mol. The number of pyridine rings is 1. The van der Waals surface area contributed by atoms with Crippen LogP contribution in [0, 0.1) is 5.92 Å². The van der Waals surface area contributed by atoms with Gasteiger partial charge < -0.3 is 19.6 Å². The average Bonchev–Trinajstić information content (AvgIpc) is 2.75. The van der Waals surface area contributed by atoms with E-state index in [2.05, 4.69) is 39.0 Å². The molecule has 0 bridgehead atoms. The summed E-state index contributed by atoms with van der Waals surface area (Å²) >= 11 is 0. The van der Waals surface area contributed by atoms with Crippen molar-refractivity contribution in [1.82, 2.24) is 4.98 Å². The number of carboxylic acid groups (broad SMARTS) is 1. The summed E-state index contributed by atoms with van der Waals surface area (Å²) in [7, 11) is 0. The summed E-state index contributed by atoms with van der Waals surface area (Å²) < 4.78 is 6.06. The van der Waals surface area contributed by atoms with E-state index in [1.807, 2.05) is 24.5 Å². The second kappa shape index (κ2) is 8.50. The quantitative estimate of drug-likeness (QED) is 0.856. The Morgan fingerprint density at radius 3 is 2.14 bits per heavy atom. The minimum Gasteiger partial charge on any atom is -0.490 e. The predicted molar refractivity (Wildman–Crippen MR) is 109 cm³/mol. The van der Waals surface area contributed by atoms with Crippen LogP contribution in [0.15, 0.2) is 48.8 Å². The second-order valence-electron chi connectivity index (χ2n) is 7.62. The number of nitrogens with zero attached hydrogens (tertiary/aromatic N) is 3. The van der Waals surface area contributed by atoms with E-state index < -0.39 is 5.97 Å². The van der Waals surface area contributed by atoms with Gasteiger partial charge in [-0.1, -0.05) is 0 Å². The SMILES string of the molecule is O=C(O)C1CCCC(Oc2ccc(N3CCN(c4ccncc4)CC3)cc2)C1. The molecular weight excluding hydrogens is 354 g/mol. The van der Waals surface area contributed by atoms with Gasteiger partial charge in [0.1, 0.15) is 5.75 Å². The topological polar surface area (TPSA) is 65.9 Å². The number of carbonyl (C=O) groups is 1. The summed E-state index contributed by atoms with van der Waals surface area (Å²) in [6.45, 7) is 3.93. The van der Waals surface area contributed by atoms with E-state index in [1.54, 1.807) is 0 Å². The van der Waals surface area contributed by atoms with Crippen molar-refractivity contribution in [2.45, 2.75) is 31.8 Å². The van der Waals surface area contributed by atoms with Gasteiger partial charge in [-0.15, -0.1) is 0 Å². The van der Waals surface area contributed by atoms with Gasteiger partial charge in [0.25, 0.3) is 0 Å². The Bertz CT molecular complexity index is 773. The van der Waals surface area contributed by atoms with Gasteiger partial charge in [-0.2, -0.15) is 0 Å². The van der Waals surface area contributed by atoms with Crippen LogP contribution in [0.5, 0.6) is 5.75 Å². The van der Waals surface area contributed by atoms with Gasteiger partial charge >= 0.3 is 5.97 Å². The van der Waals surface area contributed by atoms with Crippen LogP contribution in [0.3, 0.4) is 0 Å². The van der Waals surface area contributed by atoms with E-state index in [0.29, 0.717) is 6.42 Å². The zero-order valence-corrected chi connectivity index (χ0v) is 16.0. The number of hydrogen-bond donors (Lipinski definition) is 1. The van der Waals surface area contributed by atoms with Crippen molar-refractivity contribution in [3.05, 3.63) is 48.8 Å². The lowest BCUT2D eigenvalue weighted by atomic mass is 9.87. The maximum atomic E-state index is 11.2. The normalized spacial score (nSPS) is 22.7. The summed E-state index contributed by atoms with van der Waals surface area (Å²) in [4.78, 5) is 20.1. The van der Waals surface area contributed by atoms with Gasteiger partial charge in [0.05, 0.1) is 12.0 Å². The van der Waals surface area contributed by atoms with E-state index >= 15 is 0 Å². The summed E-state index contributed by atoms with van der Waals surface area (Å²) in [6, 6.07) is 12.3. The molecule has 1 aromatic carbocycles. The lowest BCUT2D eigenvalue weighted by molar-refractivity contribution is -0.143. The molecule has 1 N–H and O–H groups in total. The molecule has 148 valence electrons. The third-order valence-electron chi connectivity index (χ3n) is 5.79. The number of aromatic nitrogens is 1. The van der Waals surface area contributed by atoms with Crippen LogP contribution in [0.2, 0.25) is 0 Å². The standard InChI is InChI=1S/C22H27N3O3/c26-22(27)17-2-1-3-21(16-17)28-20-6-4-18(5-7-20)24-12-14-25(15-13-24)19-8-10-23-11-9-19/h4-11,17,21H,1-3,12-16H2,(H,26,27). The summed E-state index contributed by atoms with van der Waals surface area (Å²) in [5.41, 5.74) is 2.43. The molecule has 2 heterocycles. The van der Waals surface area contributed by atoms with Gasteiger partial charge in [0, 0.05) is 49.9 Å².